The number of nitrogens with zero attached hydrogens (tertiary/aromatic N) is 3. The van der Waals surface area contributed by atoms with Crippen LogP contribution in [-0.2, 0) is 0 Å². The minimum absolute atomic E-state index is 0.138. The number of nitrogens with two attached hydrogens (primary N) is 1. The van der Waals surface area contributed by atoms with Crippen LogP contribution >= 0.6 is 0 Å². The Morgan fingerprint density at radius 3 is 2.79 bits per heavy atom. The summed E-state index contributed by atoms with van der Waals surface area (Å²) in [5.41, 5.74) is 10.7. The molecule has 0 aliphatic carbocycles. The van der Waals surface area contributed by atoms with Crippen LogP contribution in [0.2, 0.25) is 0 Å². The number of rotatable bonds is 3. The molecule has 1 aliphatic heterocycles. The van der Waals surface area contributed by atoms with Gasteiger partial charge in [0.15, 0.2) is 0 Å². The van der Waals surface area contributed by atoms with Gasteiger partial charge in [-0.15, -0.1) is 6.42 Å². The van der Waals surface area contributed by atoms with Gasteiger partial charge in [-0.25, -0.2) is 0 Å². The number of fused-ring (bicyclic) bond motifs is 2. The zero-order valence-corrected chi connectivity index (χ0v) is 17.4. The van der Waals surface area contributed by atoms with Crippen LogP contribution in [0, 0.1) is 12.3 Å². The Hall–Kier alpha value is -2.98. The Balaban J connectivity index is 1.49. The number of pyridine rings is 1. The number of piperazine rings is 1. The molecule has 0 amide bonds. The average Bonchev–Trinajstić information content (AvgIpc) is 3.35. The molecule has 7 nitrogen and oxygen atoms in total. The average molecular weight is 451 g/mol. The number of terminal acetylenes is 1. The third-order valence-electron chi connectivity index (χ3n) is 5.41. The van der Waals surface area contributed by atoms with E-state index in [-0.39, 0.29) is 20.1 Å². The topological polar surface area (TPSA) is 94.0 Å². The van der Waals surface area contributed by atoms with Crippen LogP contribution in [0.1, 0.15) is 0 Å². The summed E-state index contributed by atoms with van der Waals surface area (Å²) in [6, 6.07) is 8.08. The standard InChI is InChI=1S/C21H20N6OSe/c1-2-6-26-7-9-27(10-8-26)13-3-4-14-16(12-13)24-20(23-14)17-18(22)19-15(5-11-29-19)25-21(17)28/h1,3-5,11-12H,6-10H2,(H,23,24)(H3,22,25,28). The number of imidazole rings is 1. The fourth-order valence-corrected chi connectivity index (χ4v) is 5.59. The summed E-state index contributed by atoms with van der Waals surface area (Å²) in [4.78, 5) is 30.2. The van der Waals surface area contributed by atoms with Crippen molar-refractivity contribution in [3.05, 3.63) is 39.6 Å². The van der Waals surface area contributed by atoms with Crippen molar-refractivity contribution < 1.29 is 0 Å². The molecule has 0 atom stereocenters. The van der Waals surface area contributed by atoms with E-state index in [0.717, 1.165) is 52.7 Å². The van der Waals surface area contributed by atoms with Gasteiger partial charge in [0.1, 0.15) is 0 Å². The summed E-state index contributed by atoms with van der Waals surface area (Å²) in [7, 11) is 0. The molecule has 4 N–H and O–H groups in total. The van der Waals surface area contributed by atoms with Crippen molar-refractivity contribution >= 4 is 46.7 Å². The number of aromatic amines is 2. The molecule has 1 fully saturated rings. The number of anilines is 2. The summed E-state index contributed by atoms with van der Waals surface area (Å²) in [5.74, 6) is 3.23. The molecule has 0 saturated carbocycles. The second-order valence-corrected chi connectivity index (χ2v) is 9.08. The fraction of sp³-hybridized carbons (Fsp3) is 0.238. The van der Waals surface area contributed by atoms with Crippen LogP contribution in [-0.4, -0.2) is 67.1 Å². The zero-order chi connectivity index (χ0) is 20.0. The predicted molar refractivity (Wildman–Crippen MR) is 118 cm³/mol. The van der Waals surface area contributed by atoms with Gasteiger partial charge in [0.05, 0.1) is 6.54 Å². The van der Waals surface area contributed by atoms with Gasteiger partial charge in [-0.05, 0) is 0 Å². The Labute approximate surface area is 173 Å². The van der Waals surface area contributed by atoms with Gasteiger partial charge in [-0.1, -0.05) is 5.92 Å². The van der Waals surface area contributed by atoms with E-state index in [1.807, 2.05) is 12.1 Å². The number of benzene rings is 1. The van der Waals surface area contributed by atoms with Gasteiger partial charge >= 0.3 is 154 Å². The summed E-state index contributed by atoms with van der Waals surface area (Å²) in [6.45, 7) is 4.46. The quantitative estimate of drug-likeness (QED) is 0.324. The molecule has 0 unspecified atom stereocenters. The van der Waals surface area contributed by atoms with Crippen molar-refractivity contribution in [2.75, 3.05) is 43.4 Å². The summed E-state index contributed by atoms with van der Waals surface area (Å²) in [5, 5.41) is 0. The van der Waals surface area contributed by atoms with Crippen molar-refractivity contribution in [2.45, 2.75) is 0 Å². The predicted octanol–water partition coefficient (Wildman–Crippen LogP) is 1.47. The fourth-order valence-electron chi connectivity index (χ4n) is 3.88. The van der Waals surface area contributed by atoms with Crippen LogP contribution < -0.4 is 16.2 Å². The summed E-state index contributed by atoms with van der Waals surface area (Å²) in [6.07, 6.45) is 5.42. The van der Waals surface area contributed by atoms with Gasteiger partial charge < -0.3 is 0 Å². The van der Waals surface area contributed by atoms with Crippen LogP contribution in [0.3, 0.4) is 0 Å². The molecule has 1 saturated heterocycles. The first-order valence-corrected chi connectivity index (χ1v) is 11.3. The third-order valence-corrected chi connectivity index (χ3v) is 7.40. The van der Waals surface area contributed by atoms with E-state index in [0.29, 0.717) is 23.6 Å². The zero-order valence-electron chi connectivity index (χ0n) is 15.7. The van der Waals surface area contributed by atoms with Crippen molar-refractivity contribution in [3.63, 3.8) is 0 Å². The molecule has 3 aromatic heterocycles. The van der Waals surface area contributed by atoms with Gasteiger partial charge in [-0.2, -0.15) is 0 Å². The molecule has 146 valence electrons. The Bertz CT molecular complexity index is 1300. The van der Waals surface area contributed by atoms with E-state index in [1.165, 1.54) is 0 Å². The molecule has 0 bridgehead atoms. The molecule has 4 heterocycles. The van der Waals surface area contributed by atoms with E-state index in [9.17, 15) is 4.79 Å². The number of nitrogens with one attached hydrogen (secondary N) is 2. The molecule has 0 radical (unpaired) electrons. The maximum atomic E-state index is 12.6. The molecular formula is C21H20N6OSe. The van der Waals surface area contributed by atoms with E-state index in [1.54, 1.807) is 0 Å². The van der Waals surface area contributed by atoms with Crippen molar-refractivity contribution in [1.29, 1.82) is 0 Å². The molecule has 4 aromatic rings. The van der Waals surface area contributed by atoms with Gasteiger partial charge in [0.2, 0.25) is 0 Å². The number of H-pyrrole nitrogens is 2. The Kier molecular flexibility index (Phi) is 4.44. The minimum atomic E-state index is -0.215. The van der Waals surface area contributed by atoms with Gasteiger partial charge in [0.25, 0.3) is 0 Å². The van der Waals surface area contributed by atoms with Crippen molar-refractivity contribution in [2.24, 2.45) is 0 Å². The van der Waals surface area contributed by atoms with Gasteiger partial charge in [0, 0.05) is 0 Å². The molecule has 5 rings (SSSR count). The second kappa shape index (κ2) is 7.12. The summed E-state index contributed by atoms with van der Waals surface area (Å²) >= 11 is 0.138. The molecule has 1 aliphatic rings. The van der Waals surface area contributed by atoms with Crippen LogP contribution in [0.15, 0.2) is 34.0 Å². The number of hydrogen-bond donors (Lipinski definition) is 3. The Morgan fingerprint density at radius 1 is 1.17 bits per heavy atom. The first-order chi connectivity index (χ1) is 14.1. The summed E-state index contributed by atoms with van der Waals surface area (Å²) < 4.78 is 1.01. The second-order valence-electron chi connectivity index (χ2n) is 7.16. The van der Waals surface area contributed by atoms with Crippen molar-refractivity contribution in [1.82, 2.24) is 19.9 Å². The number of nitrogen functional groups attached to an aromatic ring is 1. The molecule has 0 spiro atoms. The van der Waals surface area contributed by atoms with Gasteiger partial charge in [-0.3, -0.25) is 0 Å². The van der Waals surface area contributed by atoms with E-state index in [4.69, 9.17) is 12.2 Å². The Morgan fingerprint density at radius 2 is 2.00 bits per heavy atom. The van der Waals surface area contributed by atoms with Crippen LogP contribution in [0.5, 0.6) is 0 Å². The molecule has 29 heavy (non-hydrogen) atoms. The SMILES string of the molecule is C#CCN1CCN(c2ccc3nc(-c4c(N)c5[se]ccc5[nH]c4=O)[nH]c3c2)CC1. The molecule has 1 aromatic carbocycles. The monoisotopic (exact) mass is 452 g/mol. The maximum absolute atomic E-state index is 12.6. The first-order valence-electron chi connectivity index (χ1n) is 9.44. The number of hydrogen-bond acceptors (Lipinski definition) is 5. The number of aromatic nitrogens is 3. The molecular weight excluding hydrogens is 431 g/mol. The van der Waals surface area contributed by atoms with E-state index < -0.39 is 0 Å². The van der Waals surface area contributed by atoms with Crippen LogP contribution in [0.4, 0.5) is 11.4 Å². The normalized spacial score (nSPS) is 15.2. The molecule has 8 heteroatoms. The first kappa shape index (κ1) is 18.1. The van der Waals surface area contributed by atoms with E-state index >= 15 is 0 Å². The van der Waals surface area contributed by atoms with E-state index in [2.05, 4.69) is 47.7 Å². The van der Waals surface area contributed by atoms with Crippen molar-refractivity contribution in [3.8, 4) is 23.7 Å². The van der Waals surface area contributed by atoms with Crippen LogP contribution in [0.25, 0.3) is 32.2 Å². The third kappa shape index (κ3) is 3.14.